The van der Waals surface area contributed by atoms with Gasteiger partial charge in [0.1, 0.15) is 11.5 Å². The number of hydrogen-bond donors (Lipinski definition) is 1. The van der Waals surface area contributed by atoms with Crippen molar-refractivity contribution in [3.8, 4) is 11.5 Å². The minimum atomic E-state index is 0.678. The molecule has 2 nitrogen and oxygen atoms in total. The fraction of sp³-hybridized carbons (Fsp3) is 0.143. The molecule has 0 aliphatic rings. The summed E-state index contributed by atoms with van der Waals surface area (Å²) in [6, 6.07) is 13.4. The Morgan fingerprint density at radius 2 is 1.94 bits per heavy atom. The molecule has 0 saturated carbocycles. The lowest BCUT2D eigenvalue weighted by Gasteiger charge is -2.12. The van der Waals surface area contributed by atoms with Gasteiger partial charge in [-0.2, -0.15) is 0 Å². The SMILES string of the molecule is CNCc1ccccc1Oc1ccc(Cl)cc1Br. The molecule has 0 spiro atoms. The predicted molar refractivity (Wildman–Crippen MR) is 78.4 cm³/mol. The second kappa shape index (κ2) is 6.23. The second-order valence-electron chi connectivity index (χ2n) is 3.81. The molecule has 0 aromatic heterocycles. The van der Waals surface area contributed by atoms with Crippen molar-refractivity contribution in [3.05, 3.63) is 57.5 Å². The average Bonchev–Trinajstić information content (AvgIpc) is 2.35. The van der Waals surface area contributed by atoms with Gasteiger partial charge in [0, 0.05) is 17.1 Å². The highest BCUT2D eigenvalue weighted by Gasteiger charge is 2.06. The number of benzene rings is 2. The van der Waals surface area contributed by atoms with E-state index in [1.165, 1.54) is 0 Å². The predicted octanol–water partition coefficient (Wildman–Crippen LogP) is 4.61. The topological polar surface area (TPSA) is 21.3 Å². The van der Waals surface area contributed by atoms with Crippen molar-refractivity contribution in [1.82, 2.24) is 5.32 Å². The molecule has 0 saturated heterocycles. The standard InChI is InChI=1S/C14H13BrClNO/c1-17-9-10-4-2-3-5-13(10)18-14-7-6-11(16)8-12(14)15/h2-8,17H,9H2,1H3. The van der Waals surface area contributed by atoms with E-state index in [0.717, 1.165) is 28.1 Å². The highest BCUT2D eigenvalue weighted by molar-refractivity contribution is 9.10. The molecule has 0 amide bonds. The van der Waals surface area contributed by atoms with Gasteiger partial charge in [-0.1, -0.05) is 29.8 Å². The van der Waals surface area contributed by atoms with Crippen LogP contribution in [-0.2, 0) is 6.54 Å². The molecule has 0 radical (unpaired) electrons. The summed E-state index contributed by atoms with van der Waals surface area (Å²) in [4.78, 5) is 0. The Bertz CT molecular complexity index is 545. The molecular weight excluding hydrogens is 314 g/mol. The van der Waals surface area contributed by atoms with Gasteiger partial charge in [-0.05, 0) is 47.2 Å². The van der Waals surface area contributed by atoms with E-state index < -0.39 is 0 Å². The number of rotatable bonds is 4. The molecule has 2 rings (SSSR count). The van der Waals surface area contributed by atoms with Gasteiger partial charge in [0.05, 0.1) is 4.47 Å². The van der Waals surface area contributed by atoms with Crippen molar-refractivity contribution >= 4 is 27.5 Å². The van der Waals surface area contributed by atoms with Crippen LogP contribution >= 0.6 is 27.5 Å². The van der Waals surface area contributed by atoms with Gasteiger partial charge in [0.25, 0.3) is 0 Å². The summed E-state index contributed by atoms with van der Waals surface area (Å²) in [6.07, 6.45) is 0. The van der Waals surface area contributed by atoms with Crippen LogP contribution in [0.3, 0.4) is 0 Å². The quantitative estimate of drug-likeness (QED) is 0.885. The number of halogens is 2. The first-order chi connectivity index (χ1) is 8.70. The first-order valence-corrected chi connectivity index (χ1v) is 6.73. The maximum Gasteiger partial charge on any atom is 0.141 e. The van der Waals surface area contributed by atoms with Crippen LogP contribution in [0.5, 0.6) is 11.5 Å². The molecule has 0 fully saturated rings. The fourth-order valence-corrected chi connectivity index (χ4v) is 2.38. The zero-order valence-corrected chi connectivity index (χ0v) is 12.3. The lowest BCUT2D eigenvalue weighted by atomic mass is 10.2. The van der Waals surface area contributed by atoms with Gasteiger partial charge in [-0.3, -0.25) is 0 Å². The first-order valence-electron chi connectivity index (χ1n) is 5.56. The molecule has 0 heterocycles. The molecule has 94 valence electrons. The Labute approximate surface area is 120 Å². The zero-order valence-electron chi connectivity index (χ0n) is 9.91. The Kier molecular flexibility index (Phi) is 4.64. The van der Waals surface area contributed by atoms with Gasteiger partial charge < -0.3 is 10.1 Å². The highest BCUT2D eigenvalue weighted by Crippen LogP contribution is 2.33. The van der Waals surface area contributed by atoms with Gasteiger partial charge >= 0.3 is 0 Å². The van der Waals surface area contributed by atoms with E-state index in [-0.39, 0.29) is 0 Å². The van der Waals surface area contributed by atoms with E-state index in [2.05, 4.69) is 21.2 Å². The van der Waals surface area contributed by atoms with Crippen LogP contribution in [0, 0.1) is 0 Å². The minimum Gasteiger partial charge on any atom is -0.456 e. The van der Waals surface area contributed by atoms with Gasteiger partial charge in [0.15, 0.2) is 0 Å². The minimum absolute atomic E-state index is 0.678. The zero-order chi connectivity index (χ0) is 13.0. The van der Waals surface area contributed by atoms with Gasteiger partial charge in [-0.15, -0.1) is 0 Å². The summed E-state index contributed by atoms with van der Waals surface area (Å²) < 4.78 is 6.74. The van der Waals surface area contributed by atoms with Crippen molar-refractivity contribution in [3.63, 3.8) is 0 Å². The molecule has 4 heteroatoms. The fourth-order valence-electron chi connectivity index (χ4n) is 1.62. The molecule has 0 unspecified atom stereocenters. The lowest BCUT2D eigenvalue weighted by Crippen LogP contribution is -2.06. The van der Waals surface area contributed by atoms with Crippen LogP contribution in [0.2, 0.25) is 5.02 Å². The number of para-hydroxylation sites is 1. The van der Waals surface area contributed by atoms with Crippen molar-refractivity contribution in [1.29, 1.82) is 0 Å². The molecule has 0 aliphatic heterocycles. The third-order valence-corrected chi connectivity index (χ3v) is 3.31. The van der Waals surface area contributed by atoms with E-state index in [9.17, 15) is 0 Å². The van der Waals surface area contributed by atoms with Crippen LogP contribution in [0.4, 0.5) is 0 Å². The van der Waals surface area contributed by atoms with Crippen LogP contribution in [0.15, 0.2) is 46.9 Å². The molecule has 18 heavy (non-hydrogen) atoms. The molecule has 1 N–H and O–H groups in total. The van der Waals surface area contributed by atoms with Crippen LogP contribution in [0.1, 0.15) is 5.56 Å². The summed E-state index contributed by atoms with van der Waals surface area (Å²) in [5.74, 6) is 1.60. The summed E-state index contributed by atoms with van der Waals surface area (Å²) in [6.45, 7) is 0.765. The highest BCUT2D eigenvalue weighted by atomic mass is 79.9. The van der Waals surface area contributed by atoms with Gasteiger partial charge in [0.2, 0.25) is 0 Å². The Morgan fingerprint density at radius 1 is 1.17 bits per heavy atom. The Hall–Kier alpha value is -1.03. The van der Waals surface area contributed by atoms with E-state index in [1.54, 1.807) is 0 Å². The normalized spacial score (nSPS) is 10.4. The molecule has 0 aliphatic carbocycles. The van der Waals surface area contributed by atoms with Crippen LogP contribution in [0.25, 0.3) is 0 Å². The Balaban J connectivity index is 2.28. The van der Waals surface area contributed by atoms with E-state index >= 15 is 0 Å². The second-order valence-corrected chi connectivity index (χ2v) is 5.11. The van der Waals surface area contributed by atoms with Gasteiger partial charge in [-0.25, -0.2) is 0 Å². The maximum absolute atomic E-state index is 5.91. The Morgan fingerprint density at radius 3 is 2.67 bits per heavy atom. The summed E-state index contributed by atoms with van der Waals surface area (Å²) in [7, 11) is 1.91. The number of nitrogens with one attached hydrogen (secondary N) is 1. The van der Waals surface area contributed by atoms with Crippen molar-refractivity contribution in [2.24, 2.45) is 0 Å². The molecule has 2 aromatic rings. The third-order valence-electron chi connectivity index (χ3n) is 2.45. The third kappa shape index (κ3) is 3.25. The monoisotopic (exact) mass is 325 g/mol. The summed E-state index contributed by atoms with van der Waals surface area (Å²) in [5, 5.41) is 3.80. The summed E-state index contributed by atoms with van der Waals surface area (Å²) >= 11 is 9.35. The first kappa shape index (κ1) is 13.4. The van der Waals surface area contributed by atoms with Crippen LogP contribution in [-0.4, -0.2) is 7.05 Å². The van der Waals surface area contributed by atoms with E-state index in [1.807, 2.05) is 49.5 Å². The van der Waals surface area contributed by atoms with E-state index in [0.29, 0.717) is 5.02 Å². The van der Waals surface area contributed by atoms with Crippen molar-refractivity contribution < 1.29 is 4.74 Å². The molecule has 2 aromatic carbocycles. The largest absolute Gasteiger partial charge is 0.456 e. The smallest absolute Gasteiger partial charge is 0.141 e. The lowest BCUT2D eigenvalue weighted by molar-refractivity contribution is 0.471. The molecular formula is C14H13BrClNO. The summed E-state index contributed by atoms with van der Waals surface area (Å²) in [5.41, 5.74) is 1.11. The molecule has 0 atom stereocenters. The number of ether oxygens (including phenoxy) is 1. The van der Waals surface area contributed by atoms with E-state index in [4.69, 9.17) is 16.3 Å². The van der Waals surface area contributed by atoms with Crippen molar-refractivity contribution in [2.45, 2.75) is 6.54 Å². The van der Waals surface area contributed by atoms with Crippen molar-refractivity contribution in [2.75, 3.05) is 7.05 Å². The maximum atomic E-state index is 5.91. The van der Waals surface area contributed by atoms with Crippen LogP contribution < -0.4 is 10.1 Å². The molecule has 0 bridgehead atoms. The average molecular weight is 327 g/mol. The number of hydrogen-bond acceptors (Lipinski definition) is 2.